The fourth-order valence-corrected chi connectivity index (χ4v) is 5.43. The predicted octanol–water partition coefficient (Wildman–Crippen LogP) is 6.52. The number of hydrogen-bond acceptors (Lipinski definition) is 3. The molecule has 1 heterocycles. The average molecular weight is 468 g/mol. The van der Waals surface area contributed by atoms with Crippen LogP contribution in [0.1, 0.15) is 59.9 Å². The molecule has 3 heteroatoms. The lowest BCUT2D eigenvalue weighted by atomic mass is 9.77. The van der Waals surface area contributed by atoms with Crippen molar-refractivity contribution >= 4 is 6.29 Å². The van der Waals surface area contributed by atoms with E-state index >= 15 is 0 Å². The molecule has 0 radical (unpaired) electrons. The normalized spacial score (nSPS) is 23.3. The molecule has 0 amide bonds. The van der Waals surface area contributed by atoms with Gasteiger partial charge >= 0.3 is 0 Å². The van der Waals surface area contributed by atoms with E-state index in [0.717, 1.165) is 50.1 Å². The molecule has 1 saturated heterocycles. The smallest absolute Gasteiger partial charge is 0.127 e. The quantitative estimate of drug-likeness (QED) is 0.387. The lowest BCUT2D eigenvalue weighted by Gasteiger charge is -2.25. The number of ether oxygens (including phenoxy) is 1. The molecule has 2 aliphatic carbocycles. The second-order valence-electron chi connectivity index (χ2n) is 10.8. The highest BCUT2D eigenvalue weighted by Gasteiger charge is 2.43. The summed E-state index contributed by atoms with van der Waals surface area (Å²) in [7, 11) is 0. The van der Waals surface area contributed by atoms with Gasteiger partial charge in [0.1, 0.15) is 18.1 Å². The molecule has 35 heavy (non-hydrogen) atoms. The maximum Gasteiger partial charge on any atom is 0.127 e. The van der Waals surface area contributed by atoms with E-state index in [-0.39, 0.29) is 12.0 Å². The van der Waals surface area contributed by atoms with E-state index in [1.54, 1.807) is 0 Å². The van der Waals surface area contributed by atoms with Crippen molar-refractivity contribution < 1.29 is 9.53 Å². The Morgan fingerprint density at radius 3 is 2.23 bits per heavy atom. The van der Waals surface area contributed by atoms with Crippen molar-refractivity contribution in [1.29, 1.82) is 0 Å². The van der Waals surface area contributed by atoms with Gasteiger partial charge in [0.2, 0.25) is 0 Å². The van der Waals surface area contributed by atoms with Crippen molar-refractivity contribution in [1.82, 2.24) is 4.90 Å². The molecule has 0 aromatic heterocycles. The molecule has 3 aromatic carbocycles. The molecule has 1 aliphatic heterocycles. The molecule has 182 valence electrons. The first kappa shape index (κ1) is 23.8. The van der Waals surface area contributed by atoms with Crippen molar-refractivity contribution in [2.24, 2.45) is 5.41 Å². The van der Waals surface area contributed by atoms with Crippen LogP contribution >= 0.6 is 0 Å². The summed E-state index contributed by atoms with van der Waals surface area (Å²) in [4.78, 5) is 14.6. The van der Waals surface area contributed by atoms with Gasteiger partial charge in [-0.25, -0.2) is 0 Å². The van der Waals surface area contributed by atoms with Gasteiger partial charge in [-0.05, 0) is 40.8 Å². The third-order valence-corrected chi connectivity index (χ3v) is 7.59. The van der Waals surface area contributed by atoms with E-state index in [1.807, 2.05) is 6.07 Å². The molecule has 3 aliphatic rings. The van der Waals surface area contributed by atoms with E-state index in [1.165, 1.54) is 41.5 Å². The van der Waals surface area contributed by atoms with Gasteiger partial charge < -0.3 is 9.53 Å². The third kappa shape index (κ3) is 5.67. The summed E-state index contributed by atoms with van der Waals surface area (Å²) in [5.41, 5.74) is 6.03. The molecular formula is C32H37NO2. The van der Waals surface area contributed by atoms with E-state index < -0.39 is 5.41 Å². The van der Waals surface area contributed by atoms with E-state index in [0.29, 0.717) is 0 Å². The van der Waals surface area contributed by atoms with Crippen molar-refractivity contribution in [3.05, 3.63) is 101 Å². The van der Waals surface area contributed by atoms with Crippen LogP contribution in [0.4, 0.5) is 0 Å². The van der Waals surface area contributed by atoms with Crippen LogP contribution in [0.5, 0.6) is 5.75 Å². The van der Waals surface area contributed by atoms with Crippen LogP contribution in [0.3, 0.4) is 0 Å². The Labute approximate surface area is 210 Å². The molecule has 0 bridgehead atoms. The molecule has 2 unspecified atom stereocenters. The number of carbonyl (C=O) groups excluding carboxylic acids is 1. The Morgan fingerprint density at radius 2 is 1.60 bits per heavy atom. The summed E-state index contributed by atoms with van der Waals surface area (Å²) >= 11 is 0. The molecule has 0 N–H and O–H groups in total. The zero-order chi connectivity index (χ0) is 24.3. The number of fused-ring (bicyclic) bond motifs is 1. The molecule has 6 rings (SSSR count). The highest BCUT2D eigenvalue weighted by Crippen LogP contribution is 2.43. The van der Waals surface area contributed by atoms with Gasteiger partial charge in [0.25, 0.3) is 0 Å². The van der Waals surface area contributed by atoms with E-state index in [9.17, 15) is 4.79 Å². The monoisotopic (exact) mass is 467 g/mol. The standard InChI is InChI=1S/C29H31NO2.C3H6/c1-21-12-13-25(16-28(21)32-26-14-23-10-6-7-11-24(23)15-26)27-18-30(19-29(27,2)20-31)17-22-8-4-3-5-9-22;1-2-3-1/h3-13,16,20,26-27H,14-15,17-19H2,1-2H3;1-3H2. The van der Waals surface area contributed by atoms with Crippen molar-refractivity contribution in [2.75, 3.05) is 13.1 Å². The summed E-state index contributed by atoms with van der Waals surface area (Å²) in [6, 6.07) is 25.7. The Kier molecular flexibility index (Phi) is 7.06. The number of aryl methyl sites for hydroxylation is 1. The Bertz CT molecular complexity index is 1130. The minimum Gasteiger partial charge on any atom is -0.489 e. The number of aldehydes is 1. The van der Waals surface area contributed by atoms with Gasteiger partial charge in [-0.3, -0.25) is 4.90 Å². The van der Waals surface area contributed by atoms with Crippen molar-refractivity contribution in [3.63, 3.8) is 0 Å². The number of nitrogens with zero attached hydrogens (tertiary/aromatic N) is 1. The summed E-state index contributed by atoms with van der Waals surface area (Å²) in [6.45, 7) is 6.73. The van der Waals surface area contributed by atoms with Crippen LogP contribution in [-0.4, -0.2) is 30.4 Å². The van der Waals surface area contributed by atoms with Crippen LogP contribution < -0.4 is 4.74 Å². The topological polar surface area (TPSA) is 29.5 Å². The van der Waals surface area contributed by atoms with Gasteiger partial charge in [0, 0.05) is 43.8 Å². The highest BCUT2D eigenvalue weighted by molar-refractivity contribution is 5.63. The lowest BCUT2D eigenvalue weighted by molar-refractivity contribution is -0.115. The van der Waals surface area contributed by atoms with Gasteiger partial charge in [-0.1, -0.05) is 92.9 Å². The number of likely N-dealkylation sites (tertiary alicyclic amines) is 1. The fourth-order valence-electron chi connectivity index (χ4n) is 5.43. The van der Waals surface area contributed by atoms with Gasteiger partial charge in [-0.2, -0.15) is 0 Å². The minimum absolute atomic E-state index is 0.160. The predicted molar refractivity (Wildman–Crippen MR) is 142 cm³/mol. The molecular weight excluding hydrogens is 430 g/mol. The number of rotatable bonds is 6. The van der Waals surface area contributed by atoms with Gasteiger partial charge in [0.05, 0.1) is 0 Å². The summed E-state index contributed by atoms with van der Waals surface area (Å²) < 4.78 is 6.51. The molecule has 3 aromatic rings. The van der Waals surface area contributed by atoms with Gasteiger partial charge in [-0.15, -0.1) is 0 Å². The second-order valence-corrected chi connectivity index (χ2v) is 10.8. The SMILES string of the molecule is C1CC1.Cc1ccc(C2CN(Cc3ccccc3)CC2(C)C=O)cc1OC1Cc2ccccc2C1. The zero-order valence-corrected chi connectivity index (χ0v) is 21.1. The summed E-state index contributed by atoms with van der Waals surface area (Å²) in [5.74, 6) is 1.11. The van der Waals surface area contributed by atoms with Crippen LogP contribution in [0.2, 0.25) is 0 Å². The van der Waals surface area contributed by atoms with E-state index in [2.05, 4.69) is 85.5 Å². The maximum atomic E-state index is 12.2. The molecule has 2 atom stereocenters. The second kappa shape index (κ2) is 10.4. The van der Waals surface area contributed by atoms with Crippen LogP contribution in [0.15, 0.2) is 72.8 Å². The highest BCUT2D eigenvalue weighted by atomic mass is 16.5. The third-order valence-electron chi connectivity index (χ3n) is 7.59. The van der Waals surface area contributed by atoms with Crippen molar-refractivity contribution in [3.8, 4) is 5.75 Å². The number of carbonyl (C=O) groups is 1. The Morgan fingerprint density at radius 1 is 0.943 bits per heavy atom. The average Bonchev–Trinajstić information content (AvgIpc) is 3.64. The van der Waals surface area contributed by atoms with Crippen LogP contribution in [-0.2, 0) is 24.2 Å². The minimum atomic E-state index is -0.398. The summed E-state index contributed by atoms with van der Waals surface area (Å²) in [6.07, 6.45) is 7.76. The Balaban J connectivity index is 0.000000786. The Hall–Kier alpha value is -2.91. The largest absolute Gasteiger partial charge is 0.489 e. The summed E-state index contributed by atoms with van der Waals surface area (Å²) in [5, 5.41) is 0. The van der Waals surface area contributed by atoms with Gasteiger partial charge in [0.15, 0.2) is 0 Å². The van der Waals surface area contributed by atoms with Crippen LogP contribution in [0.25, 0.3) is 0 Å². The number of hydrogen-bond donors (Lipinski definition) is 0. The van der Waals surface area contributed by atoms with Crippen molar-refractivity contribution in [2.45, 2.75) is 64.5 Å². The molecule has 3 nitrogen and oxygen atoms in total. The number of benzene rings is 3. The first-order chi connectivity index (χ1) is 17.0. The molecule has 2 fully saturated rings. The van der Waals surface area contributed by atoms with Crippen LogP contribution in [0, 0.1) is 12.3 Å². The maximum absolute atomic E-state index is 12.2. The lowest BCUT2D eigenvalue weighted by Crippen LogP contribution is -2.28. The molecule has 1 saturated carbocycles. The van der Waals surface area contributed by atoms with E-state index in [4.69, 9.17) is 4.74 Å². The molecule has 0 spiro atoms. The first-order valence-electron chi connectivity index (χ1n) is 13.1. The first-order valence-corrected chi connectivity index (χ1v) is 13.1. The fraction of sp³-hybridized carbons (Fsp3) is 0.406. The zero-order valence-electron chi connectivity index (χ0n) is 21.1.